The number of carbonyl (C=O) groups excluding carboxylic acids is 3. The number of imidazole rings is 1. The fourth-order valence-corrected chi connectivity index (χ4v) is 1.32. The van der Waals surface area contributed by atoms with Crippen LogP contribution in [0.1, 0.15) is 17.5 Å². The summed E-state index contributed by atoms with van der Waals surface area (Å²) >= 11 is 11.3. The van der Waals surface area contributed by atoms with E-state index in [9.17, 15) is 14.4 Å². The van der Waals surface area contributed by atoms with Crippen molar-refractivity contribution in [2.75, 3.05) is 0 Å². The van der Waals surface area contributed by atoms with Crippen molar-refractivity contribution in [2.24, 2.45) is 5.73 Å². The molecule has 0 aliphatic rings. The third kappa shape index (κ3) is 3.34. The third-order valence-electron chi connectivity index (χ3n) is 1.64. The van der Waals surface area contributed by atoms with Gasteiger partial charge in [0.25, 0.3) is 0 Å². The van der Waals surface area contributed by atoms with E-state index in [0.717, 1.165) is 11.5 Å². The van der Waals surface area contributed by atoms with Crippen LogP contribution in [0.4, 0.5) is 4.79 Å². The van der Waals surface area contributed by atoms with Gasteiger partial charge in [-0.3, -0.25) is 9.36 Å². The molecule has 0 aromatic carbocycles. The molecule has 0 spiro atoms. The van der Waals surface area contributed by atoms with Gasteiger partial charge in [0.1, 0.15) is 0 Å². The molecule has 0 aliphatic carbocycles. The van der Waals surface area contributed by atoms with Gasteiger partial charge in [-0.1, -0.05) is 23.2 Å². The Hall–Kier alpha value is -1.80. The van der Waals surface area contributed by atoms with E-state index in [4.69, 9.17) is 23.2 Å². The first kappa shape index (κ1) is 14.3. The summed E-state index contributed by atoms with van der Waals surface area (Å²) in [6.07, 6.45) is -1.31. The number of aromatic nitrogens is 2. The van der Waals surface area contributed by atoms with Gasteiger partial charge in [-0.25, -0.2) is 14.6 Å². The van der Waals surface area contributed by atoms with Crippen LogP contribution in [0.15, 0.2) is 0 Å². The minimum absolute atomic E-state index is 0.144. The van der Waals surface area contributed by atoms with Gasteiger partial charge in [0, 0.05) is 6.92 Å². The number of rotatable bonds is 3. The first-order chi connectivity index (χ1) is 8.32. The van der Waals surface area contributed by atoms with Gasteiger partial charge < -0.3 is 15.2 Å². The molecule has 1 heterocycles. The SMILES string of the molecule is CC(=O)OCn1c(C(=O)OC(N)=O)nc(Cl)c1Cl. The molecule has 0 aliphatic heterocycles. The lowest BCUT2D eigenvalue weighted by molar-refractivity contribution is -0.144. The van der Waals surface area contributed by atoms with Gasteiger partial charge in [0.2, 0.25) is 5.82 Å². The van der Waals surface area contributed by atoms with E-state index < -0.39 is 30.6 Å². The van der Waals surface area contributed by atoms with Crippen LogP contribution >= 0.6 is 23.2 Å². The molecule has 0 bridgehead atoms. The van der Waals surface area contributed by atoms with E-state index in [0.29, 0.717) is 0 Å². The molecule has 10 heteroatoms. The van der Waals surface area contributed by atoms with Crippen LogP contribution in [0.5, 0.6) is 0 Å². The third-order valence-corrected chi connectivity index (χ3v) is 2.38. The van der Waals surface area contributed by atoms with Crippen molar-refractivity contribution >= 4 is 41.2 Å². The van der Waals surface area contributed by atoms with Crippen LogP contribution in [0, 0.1) is 0 Å². The number of hydrogen-bond donors (Lipinski definition) is 1. The summed E-state index contributed by atoms with van der Waals surface area (Å²) in [5.41, 5.74) is 4.68. The number of nitrogens with zero attached hydrogens (tertiary/aromatic N) is 2. The Balaban J connectivity index is 3.03. The van der Waals surface area contributed by atoms with E-state index in [-0.39, 0.29) is 10.3 Å². The maximum Gasteiger partial charge on any atom is 0.412 e. The van der Waals surface area contributed by atoms with Crippen molar-refractivity contribution in [3.63, 3.8) is 0 Å². The fourth-order valence-electron chi connectivity index (χ4n) is 0.970. The molecule has 0 saturated carbocycles. The number of nitrogens with two attached hydrogens (primary N) is 1. The standard InChI is InChI=1S/C8H7Cl2N3O5/c1-3(14)17-2-13-5(10)4(9)12-6(13)7(15)18-8(11)16/h2H2,1H3,(H2,11,16). The van der Waals surface area contributed by atoms with Gasteiger partial charge in [-0.05, 0) is 0 Å². The molecule has 1 aromatic rings. The average molecular weight is 296 g/mol. The van der Waals surface area contributed by atoms with Crippen LogP contribution in [0.3, 0.4) is 0 Å². The Bertz CT molecular complexity index is 513. The quantitative estimate of drug-likeness (QED) is 0.656. The van der Waals surface area contributed by atoms with Gasteiger partial charge in [-0.2, -0.15) is 0 Å². The monoisotopic (exact) mass is 295 g/mol. The van der Waals surface area contributed by atoms with E-state index >= 15 is 0 Å². The number of halogens is 2. The van der Waals surface area contributed by atoms with Crippen LogP contribution in [0.25, 0.3) is 0 Å². The lowest BCUT2D eigenvalue weighted by atomic mass is 10.6. The highest BCUT2D eigenvalue weighted by atomic mass is 35.5. The van der Waals surface area contributed by atoms with Crippen molar-refractivity contribution in [3.8, 4) is 0 Å². The number of carbonyl (C=O) groups is 3. The molecule has 0 atom stereocenters. The summed E-state index contributed by atoms with van der Waals surface area (Å²) in [6, 6.07) is 0. The van der Waals surface area contributed by atoms with Crippen molar-refractivity contribution in [1.29, 1.82) is 0 Å². The lowest BCUT2D eigenvalue weighted by Gasteiger charge is -2.07. The summed E-state index contributed by atoms with van der Waals surface area (Å²) < 4.78 is 9.70. The Kier molecular flexibility index (Phi) is 4.51. The maximum atomic E-state index is 11.4. The van der Waals surface area contributed by atoms with Gasteiger partial charge in [-0.15, -0.1) is 0 Å². The fraction of sp³-hybridized carbons (Fsp3) is 0.250. The molecule has 98 valence electrons. The van der Waals surface area contributed by atoms with Crippen LogP contribution in [0.2, 0.25) is 10.3 Å². The highest BCUT2D eigenvalue weighted by Gasteiger charge is 2.23. The largest absolute Gasteiger partial charge is 0.444 e. The van der Waals surface area contributed by atoms with Gasteiger partial charge in [0.15, 0.2) is 17.0 Å². The normalized spacial score (nSPS) is 9.94. The van der Waals surface area contributed by atoms with Gasteiger partial charge in [0.05, 0.1) is 0 Å². The Morgan fingerprint density at radius 1 is 1.39 bits per heavy atom. The Morgan fingerprint density at radius 2 is 2.00 bits per heavy atom. The van der Waals surface area contributed by atoms with E-state index in [2.05, 4.69) is 20.2 Å². The molecule has 0 unspecified atom stereocenters. The number of esters is 2. The molecule has 0 saturated heterocycles. The second kappa shape index (κ2) is 5.69. The zero-order valence-corrected chi connectivity index (χ0v) is 10.5. The zero-order chi connectivity index (χ0) is 13.9. The van der Waals surface area contributed by atoms with Crippen molar-refractivity contribution in [2.45, 2.75) is 13.7 Å². The van der Waals surface area contributed by atoms with Crippen molar-refractivity contribution in [1.82, 2.24) is 9.55 Å². The van der Waals surface area contributed by atoms with Crippen LogP contribution < -0.4 is 5.73 Å². The molecule has 2 N–H and O–H groups in total. The molecule has 0 radical (unpaired) electrons. The molecule has 0 fully saturated rings. The molecule has 1 aromatic heterocycles. The molecule has 8 nitrogen and oxygen atoms in total. The van der Waals surface area contributed by atoms with E-state index in [1.54, 1.807) is 0 Å². The highest BCUT2D eigenvalue weighted by Crippen LogP contribution is 2.23. The molecule has 1 amide bonds. The summed E-state index contributed by atoms with van der Waals surface area (Å²) in [5.74, 6) is -2.18. The topological polar surface area (TPSA) is 114 Å². The summed E-state index contributed by atoms with van der Waals surface area (Å²) in [7, 11) is 0. The summed E-state index contributed by atoms with van der Waals surface area (Å²) in [5, 5.41) is -0.352. The molecule has 1 rings (SSSR count). The smallest absolute Gasteiger partial charge is 0.412 e. The molecule has 18 heavy (non-hydrogen) atoms. The Morgan fingerprint density at radius 3 is 2.50 bits per heavy atom. The second-order valence-corrected chi connectivity index (χ2v) is 3.63. The summed E-state index contributed by atoms with van der Waals surface area (Å²) in [4.78, 5) is 36.1. The van der Waals surface area contributed by atoms with Crippen molar-refractivity contribution in [3.05, 3.63) is 16.1 Å². The maximum absolute atomic E-state index is 11.4. The van der Waals surface area contributed by atoms with Crippen LogP contribution in [-0.2, 0) is 21.0 Å². The predicted octanol–water partition coefficient (Wildman–Crippen LogP) is 0.946. The van der Waals surface area contributed by atoms with Gasteiger partial charge >= 0.3 is 18.0 Å². The first-order valence-electron chi connectivity index (χ1n) is 4.39. The first-order valence-corrected chi connectivity index (χ1v) is 5.15. The van der Waals surface area contributed by atoms with Crippen LogP contribution in [-0.4, -0.2) is 27.6 Å². The lowest BCUT2D eigenvalue weighted by Crippen LogP contribution is -2.22. The molecular formula is C8H7Cl2N3O5. The average Bonchev–Trinajstić information content (AvgIpc) is 2.52. The minimum Gasteiger partial charge on any atom is -0.444 e. The number of hydrogen-bond acceptors (Lipinski definition) is 6. The number of ether oxygens (including phenoxy) is 2. The zero-order valence-electron chi connectivity index (χ0n) is 8.98. The van der Waals surface area contributed by atoms with E-state index in [1.165, 1.54) is 0 Å². The predicted molar refractivity (Wildman–Crippen MR) is 59.0 cm³/mol. The van der Waals surface area contributed by atoms with Crippen molar-refractivity contribution < 1.29 is 23.9 Å². The number of amides is 1. The minimum atomic E-state index is -1.31. The molecular weight excluding hydrogens is 289 g/mol. The number of primary amides is 1. The summed E-state index contributed by atoms with van der Waals surface area (Å²) in [6.45, 7) is 0.755. The second-order valence-electron chi connectivity index (χ2n) is 2.92. The van der Waals surface area contributed by atoms with E-state index in [1.807, 2.05) is 0 Å². The highest BCUT2D eigenvalue weighted by molar-refractivity contribution is 6.40. The Labute approximate surface area is 111 Å².